The molecule has 0 radical (unpaired) electrons. The van der Waals surface area contributed by atoms with E-state index in [1.807, 2.05) is 33.3 Å². The minimum atomic E-state index is -1.53. The Morgan fingerprint density at radius 2 is 1.12 bits per heavy atom. The molecule has 2 atom stereocenters. The van der Waals surface area contributed by atoms with Gasteiger partial charge in [0.1, 0.15) is 13.2 Å². The molecule has 0 fully saturated rings. The average Bonchev–Trinajstić information content (AvgIpc) is 3.06. The van der Waals surface area contributed by atoms with E-state index in [0.29, 0.717) is 17.4 Å². The molecule has 0 aliphatic rings. The summed E-state index contributed by atoms with van der Waals surface area (Å²) in [4.78, 5) is 36.8. The number of carbonyl (C=O) groups excluding carboxylic acids is 2. The number of allylic oxidation sites excluding steroid dienone is 9. The Labute approximate surface area is 304 Å². The second-order valence-electron chi connectivity index (χ2n) is 13.5. The van der Waals surface area contributed by atoms with E-state index in [0.717, 1.165) is 44.9 Å². The Bertz CT molecular complexity index is 1010. The number of carbonyl (C=O) groups is 3. The molecule has 0 heterocycles. The molecule has 286 valence electrons. The lowest BCUT2D eigenvalue weighted by Crippen LogP contribution is -2.40. The number of nitrogens with zero attached hydrogens (tertiary/aromatic N) is 1. The Morgan fingerprint density at radius 1 is 0.620 bits per heavy atom. The van der Waals surface area contributed by atoms with E-state index in [1.54, 1.807) is 6.08 Å². The van der Waals surface area contributed by atoms with E-state index in [2.05, 4.69) is 56.4 Å². The molecule has 2 unspecified atom stereocenters. The largest absolute Gasteiger partial charge is 0.477 e. The number of esters is 2. The number of hydrogen-bond acceptors (Lipinski definition) is 7. The summed E-state index contributed by atoms with van der Waals surface area (Å²) in [5.41, 5.74) is 0. The summed E-state index contributed by atoms with van der Waals surface area (Å²) in [5.74, 6) is -2.19. The summed E-state index contributed by atoms with van der Waals surface area (Å²) in [5, 5.41) is 9.57. The van der Waals surface area contributed by atoms with E-state index in [9.17, 15) is 19.5 Å². The number of carboxylic acids is 1. The van der Waals surface area contributed by atoms with Crippen molar-refractivity contribution in [1.29, 1.82) is 0 Å². The molecule has 0 aromatic carbocycles. The molecule has 50 heavy (non-hydrogen) atoms. The van der Waals surface area contributed by atoms with Crippen LogP contribution in [-0.4, -0.2) is 87.4 Å². The van der Waals surface area contributed by atoms with E-state index in [4.69, 9.17) is 18.9 Å². The highest BCUT2D eigenvalue weighted by molar-refractivity contribution is 5.72. The van der Waals surface area contributed by atoms with Gasteiger partial charge in [0.05, 0.1) is 40.8 Å². The van der Waals surface area contributed by atoms with E-state index < -0.39 is 24.3 Å². The zero-order valence-corrected chi connectivity index (χ0v) is 32.0. The monoisotopic (exact) mass is 705 g/mol. The first-order chi connectivity index (χ1) is 24.1. The van der Waals surface area contributed by atoms with Crippen LogP contribution in [0.3, 0.4) is 0 Å². The van der Waals surface area contributed by atoms with Gasteiger partial charge >= 0.3 is 17.9 Å². The second kappa shape index (κ2) is 33.2. The Morgan fingerprint density at radius 3 is 1.62 bits per heavy atom. The molecule has 0 rings (SSSR count). The SMILES string of the molecule is CC/C=C\C/C=C\C/C=C\C/C=C\C/C=C\CC(=O)OC(COC(=O)CCCCCCCCCCCC)COC(OCC[N+](C)(C)C)C(=O)O. The first-order valence-electron chi connectivity index (χ1n) is 19.0. The molecule has 0 bridgehead atoms. The summed E-state index contributed by atoms with van der Waals surface area (Å²) < 4.78 is 22.4. The third kappa shape index (κ3) is 33.5. The first-order valence-corrected chi connectivity index (χ1v) is 19.0. The minimum absolute atomic E-state index is 0.0267. The number of aliphatic carboxylic acids is 1. The van der Waals surface area contributed by atoms with Crippen molar-refractivity contribution in [2.75, 3.05) is 47.5 Å². The molecule has 9 nitrogen and oxygen atoms in total. The lowest BCUT2D eigenvalue weighted by molar-refractivity contribution is -0.870. The standard InChI is InChI=1S/C41H69NO8/c1-6-8-10-12-14-16-18-19-20-21-22-24-26-28-30-32-39(44)50-37(36-49-41(40(45)46)47-34-33-42(3,4)5)35-48-38(43)31-29-27-25-23-17-15-13-11-9-7-2/h8,10,14,16,19-20,22,24,28,30,37,41H,6-7,9,11-13,15,17-18,21,23,25-27,29,31-36H2,1-5H3/p+1/b10-8-,16-14-,20-19-,24-22-,30-28-. The highest BCUT2D eigenvalue weighted by Crippen LogP contribution is 2.12. The van der Waals surface area contributed by atoms with Crippen molar-refractivity contribution in [2.24, 2.45) is 0 Å². The van der Waals surface area contributed by atoms with Gasteiger partial charge in [0.25, 0.3) is 6.29 Å². The Kier molecular flexibility index (Phi) is 31.2. The lowest BCUT2D eigenvalue weighted by Gasteiger charge is -2.25. The van der Waals surface area contributed by atoms with Crippen LogP contribution in [0.15, 0.2) is 60.8 Å². The van der Waals surface area contributed by atoms with E-state index in [1.165, 1.54) is 44.9 Å². The highest BCUT2D eigenvalue weighted by atomic mass is 16.7. The number of rotatable bonds is 33. The zero-order chi connectivity index (χ0) is 37.1. The summed E-state index contributed by atoms with van der Waals surface area (Å²) >= 11 is 0. The summed E-state index contributed by atoms with van der Waals surface area (Å²) in [7, 11) is 5.91. The second-order valence-corrected chi connectivity index (χ2v) is 13.5. The Hall–Kier alpha value is -3.01. The maximum absolute atomic E-state index is 12.6. The van der Waals surface area contributed by atoms with Gasteiger partial charge in [-0.25, -0.2) is 4.79 Å². The van der Waals surface area contributed by atoms with Gasteiger partial charge in [-0.1, -0.05) is 132 Å². The van der Waals surface area contributed by atoms with Gasteiger partial charge < -0.3 is 28.5 Å². The molecule has 0 amide bonds. The average molecular weight is 705 g/mol. The number of likely N-dealkylation sites (N-methyl/N-ethyl adjacent to an activating group) is 1. The van der Waals surface area contributed by atoms with Crippen molar-refractivity contribution >= 4 is 17.9 Å². The van der Waals surface area contributed by atoms with Crippen molar-refractivity contribution in [3.05, 3.63) is 60.8 Å². The lowest BCUT2D eigenvalue weighted by atomic mass is 10.1. The quantitative estimate of drug-likeness (QED) is 0.0237. The molecular formula is C41H70NO8+. The van der Waals surface area contributed by atoms with Crippen molar-refractivity contribution < 1.29 is 42.9 Å². The third-order valence-corrected chi connectivity index (χ3v) is 7.57. The molecule has 0 aromatic heterocycles. The van der Waals surface area contributed by atoms with Crippen LogP contribution in [0.1, 0.15) is 123 Å². The first kappa shape index (κ1) is 47.0. The number of quaternary nitrogens is 1. The third-order valence-electron chi connectivity index (χ3n) is 7.57. The van der Waals surface area contributed by atoms with Crippen LogP contribution in [0, 0.1) is 0 Å². The fourth-order valence-electron chi connectivity index (χ4n) is 4.61. The predicted octanol–water partition coefficient (Wildman–Crippen LogP) is 9.04. The summed E-state index contributed by atoms with van der Waals surface area (Å²) in [6, 6.07) is 0. The maximum atomic E-state index is 12.6. The van der Waals surface area contributed by atoms with Gasteiger partial charge in [-0.3, -0.25) is 9.59 Å². The van der Waals surface area contributed by atoms with Gasteiger partial charge in [0.15, 0.2) is 6.10 Å². The number of unbranched alkanes of at least 4 members (excludes halogenated alkanes) is 9. The number of hydrogen-bond donors (Lipinski definition) is 1. The molecule has 0 saturated carbocycles. The molecule has 0 spiro atoms. The molecule has 0 aromatic rings. The smallest absolute Gasteiger partial charge is 0.361 e. The number of carboxylic acid groups (broad SMARTS) is 1. The number of ether oxygens (including phenoxy) is 4. The molecular weight excluding hydrogens is 634 g/mol. The van der Waals surface area contributed by atoms with Gasteiger partial charge in [-0.2, -0.15) is 0 Å². The highest BCUT2D eigenvalue weighted by Gasteiger charge is 2.24. The molecule has 0 aliphatic heterocycles. The van der Waals surface area contributed by atoms with Crippen LogP contribution in [0.4, 0.5) is 0 Å². The van der Waals surface area contributed by atoms with Crippen molar-refractivity contribution in [3.63, 3.8) is 0 Å². The van der Waals surface area contributed by atoms with Crippen LogP contribution >= 0.6 is 0 Å². The zero-order valence-electron chi connectivity index (χ0n) is 32.0. The predicted molar refractivity (Wildman–Crippen MR) is 203 cm³/mol. The molecule has 0 saturated heterocycles. The topological polar surface area (TPSA) is 108 Å². The van der Waals surface area contributed by atoms with Gasteiger partial charge in [0.2, 0.25) is 0 Å². The van der Waals surface area contributed by atoms with Crippen LogP contribution in [0.5, 0.6) is 0 Å². The minimum Gasteiger partial charge on any atom is -0.477 e. The molecule has 9 heteroatoms. The maximum Gasteiger partial charge on any atom is 0.361 e. The summed E-state index contributed by atoms with van der Waals surface area (Å²) in [6.45, 7) is 4.59. The molecule has 1 N–H and O–H groups in total. The van der Waals surface area contributed by atoms with Gasteiger partial charge in [-0.05, 0) is 38.5 Å². The van der Waals surface area contributed by atoms with Gasteiger partial charge in [0, 0.05) is 6.42 Å². The van der Waals surface area contributed by atoms with Gasteiger partial charge in [-0.15, -0.1) is 0 Å². The van der Waals surface area contributed by atoms with E-state index in [-0.39, 0.29) is 38.6 Å². The van der Waals surface area contributed by atoms with Crippen molar-refractivity contribution in [3.8, 4) is 0 Å². The normalized spacial score (nSPS) is 13.7. The van der Waals surface area contributed by atoms with Crippen molar-refractivity contribution in [2.45, 2.75) is 135 Å². The van der Waals surface area contributed by atoms with Crippen LogP contribution in [-0.2, 0) is 33.3 Å². The van der Waals surface area contributed by atoms with Crippen molar-refractivity contribution in [1.82, 2.24) is 0 Å². The van der Waals surface area contributed by atoms with Crippen LogP contribution < -0.4 is 0 Å². The summed E-state index contributed by atoms with van der Waals surface area (Å²) in [6.07, 6.45) is 34.6. The van der Waals surface area contributed by atoms with Crippen LogP contribution in [0.25, 0.3) is 0 Å². The van der Waals surface area contributed by atoms with E-state index >= 15 is 0 Å². The fraction of sp³-hybridized carbons (Fsp3) is 0.683. The van der Waals surface area contributed by atoms with Crippen LogP contribution in [0.2, 0.25) is 0 Å². The fourth-order valence-corrected chi connectivity index (χ4v) is 4.61. The molecule has 0 aliphatic carbocycles. The Balaban J connectivity index is 4.72.